The van der Waals surface area contributed by atoms with Gasteiger partial charge in [-0.1, -0.05) is 12.1 Å². The summed E-state index contributed by atoms with van der Waals surface area (Å²) < 4.78 is 37.0. The van der Waals surface area contributed by atoms with E-state index in [2.05, 4.69) is 0 Å². The van der Waals surface area contributed by atoms with Crippen LogP contribution in [0.3, 0.4) is 0 Å². The molecule has 0 atom stereocenters. The molecule has 0 radical (unpaired) electrons. The molecule has 3 nitrogen and oxygen atoms in total. The number of fused-ring (bicyclic) bond motifs is 1. The van der Waals surface area contributed by atoms with Crippen LogP contribution in [-0.2, 0) is 13.0 Å². The first-order valence-electron chi connectivity index (χ1n) is 7.33. The summed E-state index contributed by atoms with van der Waals surface area (Å²) >= 11 is -0.191. The predicted octanol–water partition coefficient (Wildman–Crippen LogP) is 4.32. The minimum atomic E-state index is -4.34. The lowest BCUT2D eigenvalue weighted by Gasteiger charge is -2.05. The van der Waals surface area contributed by atoms with E-state index in [1.807, 2.05) is 0 Å². The smallest absolute Gasteiger partial charge is 0.446 e. The number of Topliss-reactive ketones (excluding diaryl/α,β-unsaturated/α-hetero) is 1. The number of carbonyl (C=O) groups is 1. The Bertz CT molecular complexity index is 855. The van der Waals surface area contributed by atoms with Gasteiger partial charge in [0, 0.05) is 28.0 Å². The molecule has 0 heterocycles. The maximum Gasteiger partial charge on any atom is 0.446 e. The van der Waals surface area contributed by atoms with E-state index < -0.39 is 5.51 Å². The fourth-order valence-corrected chi connectivity index (χ4v) is 3.25. The molecule has 0 aromatic heterocycles. The molecule has 0 fully saturated rings. The minimum Gasteiger partial charge on any atom is -0.508 e. The monoisotopic (exact) mass is 366 g/mol. The lowest BCUT2D eigenvalue weighted by molar-refractivity contribution is -0.0328. The molecule has 25 heavy (non-hydrogen) atoms. The number of allylic oxidation sites excluding steroid dienone is 1. The van der Waals surface area contributed by atoms with Gasteiger partial charge < -0.3 is 10.2 Å². The van der Waals surface area contributed by atoms with Gasteiger partial charge in [0.1, 0.15) is 5.75 Å². The number of carbonyl (C=O) groups excluding carboxylic acids is 1. The Morgan fingerprint density at radius 1 is 1.16 bits per heavy atom. The standard InChI is InChI=1S/C18H13F3O3S/c19-18(20,21)25-14-3-1-10(2-4-14)5-12-6-11-7-13(9-22)16(23)8-15(11)17(12)24/h1-5,7-8,22-23H,6,9H2/b12-5+. The number of aliphatic hydroxyl groups is 1. The Kier molecular flexibility index (Phi) is 4.62. The molecule has 2 aromatic rings. The van der Waals surface area contributed by atoms with Crippen molar-refractivity contribution in [2.45, 2.75) is 23.4 Å². The van der Waals surface area contributed by atoms with Gasteiger partial charge in [-0.3, -0.25) is 4.79 Å². The van der Waals surface area contributed by atoms with Crippen molar-refractivity contribution in [1.82, 2.24) is 0 Å². The van der Waals surface area contributed by atoms with Gasteiger partial charge in [0.2, 0.25) is 0 Å². The van der Waals surface area contributed by atoms with E-state index in [9.17, 15) is 28.2 Å². The van der Waals surface area contributed by atoms with E-state index >= 15 is 0 Å². The Hall–Kier alpha value is -2.25. The van der Waals surface area contributed by atoms with Crippen molar-refractivity contribution in [3.05, 3.63) is 64.2 Å². The first-order chi connectivity index (χ1) is 11.8. The number of thioether (sulfide) groups is 1. The van der Waals surface area contributed by atoms with Crippen LogP contribution in [0.1, 0.15) is 27.0 Å². The van der Waals surface area contributed by atoms with E-state index in [-0.39, 0.29) is 34.8 Å². The maximum absolute atomic E-state index is 12.4. The number of rotatable bonds is 3. The van der Waals surface area contributed by atoms with Gasteiger partial charge in [0.05, 0.1) is 6.61 Å². The molecule has 0 aliphatic heterocycles. The van der Waals surface area contributed by atoms with Crippen LogP contribution in [0.25, 0.3) is 6.08 Å². The lowest BCUT2D eigenvalue weighted by Crippen LogP contribution is -1.98. The number of hydrogen-bond donors (Lipinski definition) is 2. The lowest BCUT2D eigenvalue weighted by atomic mass is 10.1. The van der Waals surface area contributed by atoms with Crippen molar-refractivity contribution >= 4 is 23.6 Å². The molecule has 130 valence electrons. The van der Waals surface area contributed by atoms with Crippen LogP contribution in [0.5, 0.6) is 5.75 Å². The van der Waals surface area contributed by atoms with Crippen molar-refractivity contribution in [3.63, 3.8) is 0 Å². The average Bonchev–Trinajstić information content (AvgIpc) is 2.83. The number of aromatic hydroxyl groups is 1. The number of hydrogen-bond acceptors (Lipinski definition) is 4. The quantitative estimate of drug-likeness (QED) is 0.628. The highest BCUT2D eigenvalue weighted by atomic mass is 32.2. The summed E-state index contributed by atoms with van der Waals surface area (Å²) in [5, 5.41) is 18.9. The first kappa shape index (κ1) is 17.6. The van der Waals surface area contributed by atoms with Crippen molar-refractivity contribution in [3.8, 4) is 5.75 Å². The van der Waals surface area contributed by atoms with Gasteiger partial charge >= 0.3 is 5.51 Å². The molecule has 0 unspecified atom stereocenters. The highest BCUT2D eigenvalue weighted by molar-refractivity contribution is 8.00. The molecule has 0 saturated heterocycles. The SMILES string of the molecule is O=C1/C(=C/c2ccc(SC(F)(F)F)cc2)Cc2cc(CO)c(O)cc21. The van der Waals surface area contributed by atoms with Crippen LogP contribution < -0.4 is 0 Å². The van der Waals surface area contributed by atoms with E-state index in [0.29, 0.717) is 34.2 Å². The molecule has 0 saturated carbocycles. The topological polar surface area (TPSA) is 57.5 Å². The fraction of sp³-hybridized carbons (Fsp3) is 0.167. The third kappa shape index (κ3) is 3.88. The number of alkyl halides is 3. The number of phenols is 1. The zero-order chi connectivity index (χ0) is 18.2. The Labute approximate surface area is 145 Å². The molecular formula is C18H13F3O3S. The van der Waals surface area contributed by atoms with E-state index in [0.717, 1.165) is 0 Å². The van der Waals surface area contributed by atoms with Gasteiger partial charge in [-0.25, -0.2) is 0 Å². The maximum atomic E-state index is 12.4. The van der Waals surface area contributed by atoms with Crippen LogP contribution in [0.15, 0.2) is 46.9 Å². The zero-order valence-corrected chi connectivity index (χ0v) is 13.6. The highest BCUT2D eigenvalue weighted by Gasteiger charge is 2.29. The molecule has 2 N–H and O–H groups in total. The molecule has 1 aliphatic rings. The molecule has 7 heteroatoms. The summed E-state index contributed by atoms with van der Waals surface area (Å²) in [7, 11) is 0. The van der Waals surface area contributed by atoms with Crippen LogP contribution in [0.4, 0.5) is 13.2 Å². The molecule has 0 amide bonds. The van der Waals surface area contributed by atoms with Crippen molar-refractivity contribution in [2.24, 2.45) is 0 Å². The highest BCUT2D eigenvalue weighted by Crippen LogP contribution is 2.37. The van der Waals surface area contributed by atoms with Gasteiger partial charge in [0.25, 0.3) is 0 Å². The van der Waals surface area contributed by atoms with Crippen LogP contribution in [0, 0.1) is 0 Å². The number of aliphatic hydroxyl groups excluding tert-OH is 1. The van der Waals surface area contributed by atoms with E-state index in [4.69, 9.17) is 0 Å². The Morgan fingerprint density at radius 3 is 2.44 bits per heavy atom. The predicted molar refractivity (Wildman–Crippen MR) is 88.4 cm³/mol. The summed E-state index contributed by atoms with van der Waals surface area (Å²) in [5.74, 6) is -0.368. The van der Waals surface area contributed by atoms with Gasteiger partial charge in [0.15, 0.2) is 5.78 Å². The molecule has 0 spiro atoms. The zero-order valence-electron chi connectivity index (χ0n) is 12.8. The fourth-order valence-electron chi connectivity index (χ4n) is 2.71. The Morgan fingerprint density at radius 2 is 1.84 bits per heavy atom. The number of halogens is 3. The second-order valence-electron chi connectivity index (χ2n) is 5.59. The summed E-state index contributed by atoms with van der Waals surface area (Å²) in [6.45, 7) is -0.329. The molecular weight excluding hydrogens is 353 g/mol. The molecule has 3 rings (SSSR count). The largest absolute Gasteiger partial charge is 0.508 e. The normalized spacial score (nSPS) is 15.7. The summed E-state index contributed by atoms with van der Waals surface area (Å²) in [4.78, 5) is 12.5. The molecule has 0 bridgehead atoms. The van der Waals surface area contributed by atoms with E-state index in [1.165, 1.54) is 30.3 Å². The molecule has 1 aliphatic carbocycles. The van der Waals surface area contributed by atoms with Crippen molar-refractivity contribution in [2.75, 3.05) is 0 Å². The third-order valence-corrected chi connectivity index (χ3v) is 4.59. The van der Waals surface area contributed by atoms with Crippen LogP contribution in [-0.4, -0.2) is 21.5 Å². The second-order valence-corrected chi connectivity index (χ2v) is 6.73. The van der Waals surface area contributed by atoms with E-state index in [1.54, 1.807) is 12.1 Å². The molecule has 2 aromatic carbocycles. The average molecular weight is 366 g/mol. The second kappa shape index (κ2) is 6.57. The Balaban J connectivity index is 1.84. The minimum absolute atomic E-state index is 0.0770. The summed E-state index contributed by atoms with van der Waals surface area (Å²) in [6.07, 6.45) is 1.97. The number of benzene rings is 2. The van der Waals surface area contributed by atoms with Gasteiger partial charge in [-0.2, -0.15) is 13.2 Å². The van der Waals surface area contributed by atoms with Crippen molar-refractivity contribution in [1.29, 1.82) is 0 Å². The summed E-state index contributed by atoms with van der Waals surface area (Å²) in [5.41, 5.74) is -1.79. The van der Waals surface area contributed by atoms with Gasteiger partial charge in [-0.15, -0.1) is 0 Å². The number of ketones is 1. The third-order valence-electron chi connectivity index (χ3n) is 3.85. The van der Waals surface area contributed by atoms with Crippen LogP contribution in [0.2, 0.25) is 0 Å². The van der Waals surface area contributed by atoms with Crippen molar-refractivity contribution < 1.29 is 28.2 Å². The van der Waals surface area contributed by atoms with Crippen LogP contribution >= 0.6 is 11.8 Å². The summed E-state index contributed by atoms with van der Waals surface area (Å²) in [6, 6.07) is 8.68. The van der Waals surface area contributed by atoms with Gasteiger partial charge in [-0.05, 0) is 53.2 Å². The first-order valence-corrected chi connectivity index (χ1v) is 8.15.